The van der Waals surface area contributed by atoms with Gasteiger partial charge in [-0.25, -0.2) is 4.39 Å². The van der Waals surface area contributed by atoms with Crippen molar-refractivity contribution >= 4 is 17.4 Å². The third-order valence-electron chi connectivity index (χ3n) is 3.22. The molecule has 1 aromatic heterocycles. The molecule has 0 aliphatic rings. The Hall–Kier alpha value is -1.61. The molecule has 4 heteroatoms. The maximum absolute atomic E-state index is 13.3. The van der Waals surface area contributed by atoms with E-state index in [9.17, 15) is 9.18 Å². The Bertz CT molecular complexity index is 631. The summed E-state index contributed by atoms with van der Waals surface area (Å²) in [4.78, 5) is 15.3. The van der Waals surface area contributed by atoms with Crippen molar-refractivity contribution in [2.45, 2.75) is 20.8 Å². The number of aromatic amines is 1. The van der Waals surface area contributed by atoms with Gasteiger partial charge in [-0.2, -0.15) is 0 Å². The largest absolute Gasteiger partial charge is 0.356 e. The normalized spacial score (nSPS) is 10.7. The second kappa shape index (κ2) is 4.58. The molecule has 0 aliphatic carbocycles. The zero-order valence-electron chi connectivity index (χ0n) is 10.4. The minimum Gasteiger partial charge on any atom is -0.356 e. The van der Waals surface area contributed by atoms with Gasteiger partial charge in [-0.3, -0.25) is 4.79 Å². The van der Waals surface area contributed by atoms with Gasteiger partial charge < -0.3 is 4.98 Å². The van der Waals surface area contributed by atoms with E-state index in [4.69, 9.17) is 11.6 Å². The highest BCUT2D eigenvalue weighted by Crippen LogP contribution is 2.22. The van der Waals surface area contributed by atoms with E-state index in [1.54, 1.807) is 0 Å². The summed E-state index contributed by atoms with van der Waals surface area (Å²) in [6.45, 7) is 5.72. The first-order chi connectivity index (χ1) is 8.41. The van der Waals surface area contributed by atoms with Gasteiger partial charge in [0.25, 0.3) is 0 Å². The Balaban J connectivity index is 2.48. The zero-order valence-corrected chi connectivity index (χ0v) is 11.2. The van der Waals surface area contributed by atoms with Crippen LogP contribution >= 0.6 is 11.6 Å². The van der Waals surface area contributed by atoms with Crippen LogP contribution in [0.1, 0.15) is 32.9 Å². The zero-order chi connectivity index (χ0) is 13.4. The van der Waals surface area contributed by atoms with Crippen molar-refractivity contribution in [2.75, 3.05) is 0 Å². The molecule has 2 rings (SSSR count). The molecule has 1 heterocycles. The molecule has 94 valence electrons. The topological polar surface area (TPSA) is 32.9 Å². The van der Waals surface area contributed by atoms with Crippen LogP contribution < -0.4 is 0 Å². The SMILES string of the molecule is Cc1[nH]c(C(=O)c2ccc(Cl)c(F)c2)c(C)c1C. The maximum Gasteiger partial charge on any atom is 0.209 e. The Morgan fingerprint density at radius 2 is 1.89 bits per heavy atom. The number of aryl methyl sites for hydroxylation is 1. The number of aromatic nitrogens is 1. The summed E-state index contributed by atoms with van der Waals surface area (Å²) in [5, 5.41) is 0.0159. The molecule has 0 saturated carbocycles. The molecule has 0 bridgehead atoms. The lowest BCUT2D eigenvalue weighted by molar-refractivity contribution is 0.103. The molecule has 0 aliphatic heterocycles. The fraction of sp³-hybridized carbons (Fsp3) is 0.214. The van der Waals surface area contributed by atoms with Crippen molar-refractivity contribution in [1.82, 2.24) is 4.98 Å². The highest BCUT2D eigenvalue weighted by atomic mass is 35.5. The second-order valence-corrected chi connectivity index (χ2v) is 4.74. The number of benzene rings is 1. The van der Waals surface area contributed by atoms with Crippen molar-refractivity contribution in [1.29, 1.82) is 0 Å². The number of carbonyl (C=O) groups excluding carboxylic acids is 1. The fourth-order valence-electron chi connectivity index (χ4n) is 1.85. The van der Waals surface area contributed by atoms with Crippen molar-refractivity contribution in [3.05, 3.63) is 57.1 Å². The lowest BCUT2D eigenvalue weighted by Gasteiger charge is -2.02. The summed E-state index contributed by atoms with van der Waals surface area (Å²) in [7, 11) is 0. The van der Waals surface area contributed by atoms with E-state index >= 15 is 0 Å². The van der Waals surface area contributed by atoms with Gasteiger partial charge in [-0.05, 0) is 50.1 Å². The predicted octanol–water partition coefficient (Wildman–Crippen LogP) is 3.96. The smallest absolute Gasteiger partial charge is 0.209 e. The Morgan fingerprint density at radius 1 is 1.22 bits per heavy atom. The molecule has 0 atom stereocenters. The van der Waals surface area contributed by atoms with Gasteiger partial charge >= 0.3 is 0 Å². The summed E-state index contributed by atoms with van der Waals surface area (Å²) < 4.78 is 13.3. The van der Waals surface area contributed by atoms with E-state index in [0.717, 1.165) is 22.9 Å². The number of ketones is 1. The third-order valence-corrected chi connectivity index (χ3v) is 3.53. The summed E-state index contributed by atoms with van der Waals surface area (Å²) in [5.41, 5.74) is 3.69. The molecule has 0 radical (unpaired) electrons. The van der Waals surface area contributed by atoms with E-state index in [-0.39, 0.29) is 10.8 Å². The number of hydrogen-bond donors (Lipinski definition) is 1. The van der Waals surface area contributed by atoms with Crippen molar-refractivity contribution < 1.29 is 9.18 Å². The molecule has 2 aromatic rings. The van der Waals surface area contributed by atoms with E-state index in [1.165, 1.54) is 12.1 Å². The van der Waals surface area contributed by atoms with Crippen LogP contribution in [-0.4, -0.2) is 10.8 Å². The predicted molar refractivity (Wildman–Crippen MR) is 69.8 cm³/mol. The molecular formula is C14H13ClFNO. The van der Waals surface area contributed by atoms with Gasteiger partial charge in [0.1, 0.15) is 5.82 Å². The number of rotatable bonds is 2. The van der Waals surface area contributed by atoms with Gasteiger partial charge in [0, 0.05) is 11.3 Å². The average Bonchev–Trinajstić information content (AvgIpc) is 2.60. The highest BCUT2D eigenvalue weighted by molar-refractivity contribution is 6.30. The summed E-state index contributed by atoms with van der Waals surface area (Å²) in [6.07, 6.45) is 0. The maximum atomic E-state index is 13.3. The monoisotopic (exact) mass is 265 g/mol. The first-order valence-corrected chi connectivity index (χ1v) is 5.95. The Morgan fingerprint density at radius 3 is 2.39 bits per heavy atom. The standard InChI is InChI=1S/C14H13ClFNO/c1-7-8(2)13(17-9(7)3)14(18)10-4-5-11(15)12(16)6-10/h4-6,17H,1-3H3. The first-order valence-electron chi connectivity index (χ1n) is 5.57. The van der Waals surface area contributed by atoms with Crippen molar-refractivity contribution in [2.24, 2.45) is 0 Å². The van der Waals surface area contributed by atoms with Crippen LogP contribution in [0.3, 0.4) is 0 Å². The van der Waals surface area contributed by atoms with Gasteiger partial charge in [0.05, 0.1) is 10.7 Å². The van der Waals surface area contributed by atoms with Crippen LogP contribution in [0.15, 0.2) is 18.2 Å². The number of nitrogens with one attached hydrogen (secondary N) is 1. The van der Waals surface area contributed by atoms with Gasteiger partial charge in [0.15, 0.2) is 0 Å². The number of H-pyrrole nitrogens is 1. The summed E-state index contributed by atoms with van der Waals surface area (Å²) in [5.74, 6) is -0.806. The van der Waals surface area contributed by atoms with Crippen LogP contribution in [0.2, 0.25) is 5.02 Å². The van der Waals surface area contributed by atoms with Crippen LogP contribution in [-0.2, 0) is 0 Å². The van der Waals surface area contributed by atoms with Crippen molar-refractivity contribution in [3.8, 4) is 0 Å². The lowest BCUT2D eigenvalue weighted by Crippen LogP contribution is -2.04. The highest BCUT2D eigenvalue weighted by Gasteiger charge is 2.17. The van der Waals surface area contributed by atoms with Gasteiger partial charge in [-0.15, -0.1) is 0 Å². The molecule has 0 amide bonds. The minimum atomic E-state index is -0.583. The molecule has 0 saturated heterocycles. The molecular weight excluding hydrogens is 253 g/mol. The Labute approximate surface area is 110 Å². The van der Waals surface area contributed by atoms with Crippen LogP contribution in [0.25, 0.3) is 0 Å². The van der Waals surface area contributed by atoms with Crippen molar-refractivity contribution in [3.63, 3.8) is 0 Å². The summed E-state index contributed by atoms with van der Waals surface area (Å²) >= 11 is 5.60. The number of carbonyl (C=O) groups is 1. The first kappa shape index (κ1) is 12.8. The minimum absolute atomic E-state index is 0.0159. The number of hydrogen-bond acceptors (Lipinski definition) is 1. The molecule has 0 unspecified atom stereocenters. The van der Waals surface area contributed by atoms with E-state index in [0.29, 0.717) is 11.3 Å². The van der Waals surface area contributed by atoms with Crippen LogP contribution in [0, 0.1) is 26.6 Å². The van der Waals surface area contributed by atoms with Crippen LogP contribution in [0.4, 0.5) is 4.39 Å². The molecule has 1 N–H and O–H groups in total. The molecule has 0 fully saturated rings. The summed E-state index contributed by atoms with van der Waals surface area (Å²) in [6, 6.07) is 4.08. The van der Waals surface area contributed by atoms with Crippen LogP contribution in [0.5, 0.6) is 0 Å². The molecule has 18 heavy (non-hydrogen) atoms. The second-order valence-electron chi connectivity index (χ2n) is 4.33. The van der Waals surface area contributed by atoms with Gasteiger partial charge in [0.2, 0.25) is 5.78 Å². The Kier molecular flexibility index (Phi) is 3.26. The molecule has 1 aromatic carbocycles. The molecule has 0 spiro atoms. The van der Waals surface area contributed by atoms with Gasteiger partial charge in [-0.1, -0.05) is 11.6 Å². The molecule has 2 nitrogen and oxygen atoms in total. The average molecular weight is 266 g/mol. The number of halogens is 2. The quantitative estimate of drug-likeness (QED) is 0.819. The fourth-order valence-corrected chi connectivity index (χ4v) is 1.97. The van der Waals surface area contributed by atoms with E-state index in [2.05, 4.69) is 4.98 Å². The third kappa shape index (κ3) is 2.06. The lowest BCUT2D eigenvalue weighted by atomic mass is 10.0. The van der Waals surface area contributed by atoms with E-state index < -0.39 is 5.82 Å². The van der Waals surface area contributed by atoms with E-state index in [1.807, 2.05) is 20.8 Å².